The fourth-order valence-electron chi connectivity index (χ4n) is 5.00. The molecule has 0 radical (unpaired) electrons. The van der Waals surface area contributed by atoms with Gasteiger partial charge in [0.1, 0.15) is 6.54 Å². The molecule has 3 aromatic rings. The molecule has 0 unspecified atom stereocenters. The van der Waals surface area contributed by atoms with Gasteiger partial charge in [0, 0.05) is 12.6 Å². The topological polar surface area (TPSA) is 90.9 Å². The van der Waals surface area contributed by atoms with Crippen LogP contribution in [0, 0.1) is 17.8 Å². The van der Waals surface area contributed by atoms with Gasteiger partial charge >= 0.3 is 5.69 Å². The number of nitrogens with one attached hydrogen (secondary N) is 1. The monoisotopic (exact) mass is 465 g/mol. The van der Waals surface area contributed by atoms with E-state index in [2.05, 4.69) is 38.0 Å². The van der Waals surface area contributed by atoms with Crippen molar-refractivity contribution in [1.82, 2.24) is 24.0 Å². The first-order valence-corrected chi connectivity index (χ1v) is 12.3. The van der Waals surface area contributed by atoms with Crippen LogP contribution in [-0.2, 0) is 24.4 Å². The minimum absolute atomic E-state index is 0.0636. The first kappa shape index (κ1) is 24.0. The van der Waals surface area contributed by atoms with Crippen molar-refractivity contribution in [3.63, 3.8) is 0 Å². The van der Waals surface area contributed by atoms with Gasteiger partial charge in [0.25, 0.3) is 5.56 Å². The quantitative estimate of drug-likeness (QED) is 0.581. The maximum atomic E-state index is 13.5. The highest BCUT2D eigenvalue weighted by Crippen LogP contribution is 2.29. The largest absolute Gasteiger partial charge is 0.352 e. The molecule has 1 saturated carbocycles. The van der Waals surface area contributed by atoms with Crippen LogP contribution in [0.1, 0.15) is 52.5 Å². The van der Waals surface area contributed by atoms with Gasteiger partial charge in [0.15, 0.2) is 11.2 Å². The van der Waals surface area contributed by atoms with Gasteiger partial charge in [-0.2, -0.15) is 0 Å². The number of hydrogen-bond donors (Lipinski definition) is 1. The number of rotatable bonds is 7. The van der Waals surface area contributed by atoms with Crippen LogP contribution >= 0.6 is 0 Å². The van der Waals surface area contributed by atoms with E-state index in [0.29, 0.717) is 29.5 Å². The summed E-state index contributed by atoms with van der Waals surface area (Å²) in [5.74, 6) is 0.884. The summed E-state index contributed by atoms with van der Waals surface area (Å²) in [6, 6.07) is 9.65. The zero-order valence-electron chi connectivity index (χ0n) is 20.5. The Morgan fingerprint density at radius 1 is 1.12 bits per heavy atom. The Morgan fingerprint density at radius 2 is 1.85 bits per heavy atom. The zero-order valence-corrected chi connectivity index (χ0v) is 20.5. The SMILES string of the molecule is CC(C)Cn1cnc2c1c(=O)n(CC(=O)N[C@@H]1CCC[C@@H](C)[C@H]1C)c(=O)n2Cc1ccccc1. The van der Waals surface area contributed by atoms with Gasteiger partial charge in [-0.05, 0) is 29.7 Å². The van der Waals surface area contributed by atoms with Crippen LogP contribution < -0.4 is 16.6 Å². The van der Waals surface area contributed by atoms with Crippen LogP contribution in [-0.4, -0.2) is 30.6 Å². The van der Waals surface area contributed by atoms with Crippen molar-refractivity contribution in [3.05, 3.63) is 63.1 Å². The molecular formula is C26H35N5O3. The minimum atomic E-state index is -0.517. The third kappa shape index (κ3) is 4.86. The van der Waals surface area contributed by atoms with Crippen LogP contribution in [0.15, 0.2) is 46.2 Å². The Morgan fingerprint density at radius 3 is 2.56 bits per heavy atom. The van der Waals surface area contributed by atoms with E-state index in [1.165, 1.54) is 4.57 Å². The highest BCUT2D eigenvalue weighted by atomic mass is 16.2. The molecule has 0 aliphatic heterocycles. The van der Waals surface area contributed by atoms with Crippen molar-refractivity contribution >= 4 is 17.1 Å². The van der Waals surface area contributed by atoms with Gasteiger partial charge in [-0.25, -0.2) is 14.3 Å². The predicted molar refractivity (Wildman–Crippen MR) is 133 cm³/mol. The van der Waals surface area contributed by atoms with E-state index in [0.717, 1.165) is 29.4 Å². The predicted octanol–water partition coefficient (Wildman–Crippen LogP) is 3.00. The van der Waals surface area contributed by atoms with Crippen LogP contribution in [0.5, 0.6) is 0 Å². The number of aromatic nitrogens is 4. The van der Waals surface area contributed by atoms with Gasteiger partial charge in [0.2, 0.25) is 5.91 Å². The van der Waals surface area contributed by atoms with Crippen molar-refractivity contribution in [3.8, 4) is 0 Å². The average molecular weight is 466 g/mol. The fourth-order valence-corrected chi connectivity index (χ4v) is 5.00. The summed E-state index contributed by atoms with van der Waals surface area (Å²) in [7, 11) is 0. The molecule has 182 valence electrons. The highest BCUT2D eigenvalue weighted by Gasteiger charge is 2.29. The number of hydrogen-bond acceptors (Lipinski definition) is 4. The molecule has 1 N–H and O–H groups in total. The molecule has 1 fully saturated rings. The van der Waals surface area contributed by atoms with Crippen molar-refractivity contribution in [2.24, 2.45) is 17.8 Å². The minimum Gasteiger partial charge on any atom is -0.352 e. The summed E-state index contributed by atoms with van der Waals surface area (Å²) in [4.78, 5) is 44.4. The number of imidazole rings is 1. The molecule has 1 aromatic carbocycles. The van der Waals surface area contributed by atoms with E-state index in [1.807, 2.05) is 30.3 Å². The van der Waals surface area contributed by atoms with E-state index in [4.69, 9.17) is 0 Å². The fraction of sp³-hybridized carbons (Fsp3) is 0.538. The second-order valence-electron chi connectivity index (χ2n) is 10.1. The standard InChI is InChI=1S/C26H35N5O3/c1-17(2)13-29-16-27-24-23(29)25(33)31(26(34)30(24)14-20-10-6-5-7-11-20)15-22(32)28-21-12-8-9-18(3)19(21)4/h5-7,10-11,16-19,21H,8-9,12-15H2,1-4H3,(H,28,32)/t18-,19-,21-/m1/s1. The molecule has 1 aliphatic carbocycles. The number of carbonyl (C=O) groups excluding carboxylic acids is 1. The summed E-state index contributed by atoms with van der Waals surface area (Å²) in [6.45, 7) is 9.05. The zero-order chi connectivity index (χ0) is 24.4. The van der Waals surface area contributed by atoms with Crippen LogP contribution in [0.4, 0.5) is 0 Å². The Kier molecular flexibility index (Phi) is 7.05. The number of nitrogens with zero attached hydrogens (tertiary/aromatic N) is 4. The number of carbonyl (C=O) groups is 1. The van der Waals surface area contributed by atoms with E-state index < -0.39 is 11.2 Å². The second kappa shape index (κ2) is 9.99. The average Bonchev–Trinajstić information content (AvgIpc) is 3.21. The van der Waals surface area contributed by atoms with Crippen molar-refractivity contribution in [2.45, 2.75) is 72.6 Å². The summed E-state index contributed by atoms with van der Waals surface area (Å²) in [5.41, 5.74) is 0.644. The third-order valence-corrected chi connectivity index (χ3v) is 7.08. The van der Waals surface area contributed by atoms with E-state index in [1.54, 1.807) is 10.9 Å². The summed E-state index contributed by atoms with van der Waals surface area (Å²) >= 11 is 0. The lowest BCUT2D eigenvalue weighted by atomic mass is 9.78. The summed E-state index contributed by atoms with van der Waals surface area (Å²) in [6.07, 6.45) is 4.77. The maximum Gasteiger partial charge on any atom is 0.333 e. The van der Waals surface area contributed by atoms with Gasteiger partial charge in [-0.1, -0.05) is 70.9 Å². The van der Waals surface area contributed by atoms with Gasteiger partial charge in [0.05, 0.1) is 12.9 Å². The molecule has 3 atom stereocenters. The summed E-state index contributed by atoms with van der Waals surface area (Å²) < 4.78 is 4.36. The molecule has 0 bridgehead atoms. The smallest absolute Gasteiger partial charge is 0.333 e. The van der Waals surface area contributed by atoms with Crippen LogP contribution in [0.25, 0.3) is 11.2 Å². The van der Waals surface area contributed by atoms with E-state index in [9.17, 15) is 14.4 Å². The van der Waals surface area contributed by atoms with Gasteiger partial charge in [-0.3, -0.25) is 14.2 Å². The second-order valence-corrected chi connectivity index (χ2v) is 10.1. The van der Waals surface area contributed by atoms with Crippen molar-refractivity contribution in [2.75, 3.05) is 0 Å². The lowest BCUT2D eigenvalue weighted by Gasteiger charge is -2.34. The molecule has 0 saturated heterocycles. The molecule has 2 heterocycles. The first-order chi connectivity index (χ1) is 16.3. The Bertz CT molecular complexity index is 1270. The van der Waals surface area contributed by atoms with Crippen LogP contribution in [0.2, 0.25) is 0 Å². The normalized spacial score (nSPS) is 20.7. The lowest BCUT2D eigenvalue weighted by molar-refractivity contribution is -0.123. The van der Waals surface area contributed by atoms with Crippen molar-refractivity contribution < 1.29 is 4.79 Å². The molecule has 8 heteroatoms. The van der Waals surface area contributed by atoms with Gasteiger partial charge < -0.3 is 9.88 Å². The summed E-state index contributed by atoms with van der Waals surface area (Å²) in [5, 5.41) is 3.09. The van der Waals surface area contributed by atoms with Crippen LogP contribution in [0.3, 0.4) is 0 Å². The molecule has 0 spiro atoms. The molecule has 1 aliphatic rings. The van der Waals surface area contributed by atoms with E-state index >= 15 is 0 Å². The number of fused-ring (bicyclic) bond motifs is 1. The molecular weight excluding hydrogens is 430 g/mol. The number of amides is 1. The Balaban J connectivity index is 1.73. The molecule has 4 rings (SSSR count). The Labute approximate surface area is 199 Å². The first-order valence-electron chi connectivity index (χ1n) is 12.3. The van der Waals surface area contributed by atoms with Crippen molar-refractivity contribution in [1.29, 1.82) is 0 Å². The highest BCUT2D eigenvalue weighted by molar-refractivity contribution is 5.77. The number of benzene rings is 1. The lowest BCUT2D eigenvalue weighted by Crippen LogP contribution is -2.48. The molecule has 34 heavy (non-hydrogen) atoms. The Hall–Kier alpha value is -3.16. The van der Waals surface area contributed by atoms with Gasteiger partial charge in [-0.15, -0.1) is 0 Å². The van der Waals surface area contributed by atoms with E-state index in [-0.39, 0.29) is 31.0 Å². The third-order valence-electron chi connectivity index (χ3n) is 7.08. The molecule has 8 nitrogen and oxygen atoms in total. The molecule has 1 amide bonds. The maximum absolute atomic E-state index is 13.5. The molecule has 2 aromatic heterocycles.